The van der Waals surface area contributed by atoms with E-state index in [1.165, 1.54) is 0 Å². The number of rotatable bonds is 3. The number of hydrogen-bond donors (Lipinski definition) is 2. The minimum absolute atomic E-state index is 0.288. The van der Waals surface area contributed by atoms with Crippen LogP contribution in [0.1, 0.15) is 5.56 Å². The molecule has 4 nitrogen and oxygen atoms in total. The van der Waals surface area contributed by atoms with Crippen LogP contribution in [0.5, 0.6) is 5.75 Å². The lowest BCUT2D eigenvalue weighted by Crippen LogP contribution is -2.19. The first kappa shape index (κ1) is 14.4. The molecule has 0 bridgehead atoms. The minimum atomic E-state index is -0.288. The van der Waals surface area contributed by atoms with Gasteiger partial charge in [0.1, 0.15) is 5.75 Å². The molecule has 0 saturated carbocycles. The van der Waals surface area contributed by atoms with Gasteiger partial charge in [-0.2, -0.15) is 0 Å². The zero-order valence-corrected chi connectivity index (χ0v) is 12.8. The number of hydrogen-bond acceptors (Lipinski definition) is 2. The molecular formula is C15H15BrN2O2. The van der Waals surface area contributed by atoms with Crippen molar-refractivity contribution in [3.05, 3.63) is 52.5 Å². The molecule has 20 heavy (non-hydrogen) atoms. The molecule has 0 radical (unpaired) electrons. The number of urea groups is 1. The van der Waals surface area contributed by atoms with Gasteiger partial charge in [0, 0.05) is 21.9 Å². The van der Waals surface area contributed by atoms with Crippen molar-refractivity contribution in [3.8, 4) is 5.75 Å². The van der Waals surface area contributed by atoms with Gasteiger partial charge in [0.25, 0.3) is 0 Å². The number of halogens is 1. The number of carbonyl (C=O) groups is 1. The quantitative estimate of drug-likeness (QED) is 0.873. The highest BCUT2D eigenvalue weighted by atomic mass is 79.9. The molecular weight excluding hydrogens is 320 g/mol. The molecule has 0 atom stereocenters. The first-order valence-corrected chi connectivity index (χ1v) is 6.86. The average molecular weight is 335 g/mol. The zero-order chi connectivity index (χ0) is 14.5. The monoisotopic (exact) mass is 334 g/mol. The molecule has 2 aromatic carbocycles. The van der Waals surface area contributed by atoms with E-state index in [9.17, 15) is 4.79 Å². The topological polar surface area (TPSA) is 50.4 Å². The summed E-state index contributed by atoms with van der Waals surface area (Å²) in [5.41, 5.74) is 2.44. The molecule has 0 spiro atoms. The maximum atomic E-state index is 11.9. The second-order valence-electron chi connectivity index (χ2n) is 4.27. The van der Waals surface area contributed by atoms with Crippen molar-refractivity contribution >= 4 is 33.3 Å². The molecule has 0 unspecified atom stereocenters. The van der Waals surface area contributed by atoms with Gasteiger partial charge >= 0.3 is 6.03 Å². The third-order valence-corrected chi connectivity index (χ3v) is 3.26. The number of ether oxygens (including phenoxy) is 1. The lowest BCUT2D eigenvalue weighted by molar-refractivity contribution is 0.262. The van der Waals surface area contributed by atoms with Gasteiger partial charge in [0.15, 0.2) is 0 Å². The average Bonchev–Trinajstić information content (AvgIpc) is 2.42. The van der Waals surface area contributed by atoms with E-state index < -0.39 is 0 Å². The second kappa shape index (κ2) is 6.43. The number of aryl methyl sites for hydroxylation is 1. The molecule has 104 valence electrons. The number of anilines is 2. The van der Waals surface area contributed by atoms with Crippen molar-refractivity contribution in [1.29, 1.82) is 0 Å². The normalized spacial score (nSPS) is 9.95. The smallest absolute Gasteiger partial charge is 0.323 e. The molecule has 2 aromatic rings. The molecule has 0 heterocycles. The molecule has 0 aromatic heterocycles. The Hall–Kier alpha value is -2.01. The van der Waals surface area contributed by atoms with E-state index in [1.807, 2.05) is 37.3 Å². The Kier molecular flexibility index (Phi) is 4.63. The predicted octanol–water partition coefficient (Wildman–Crippen LogP) is 4.41. The van der Waals surface area contributed by atoms with Crippen molar-refractivity contribution < 1.29 is 9.53 Å². The summed E-state index contributed by atoms with van der Waals surface area (Å²) in [5, 5.41) is 5.58. The van der Waals surface area contributed by atoms with Crippen LogP contribution in [0.25, 0.3) is 0 Å². The van der Waals surface area contributed by atoms with Crippen molar-refractivity contribution in [1.82, 2.24) is 0 Å². The van der Waals surface area contributed by atoms with Crippen LogP contribution in [0.15, 0.2) is 46.9 Å². The van der Waals surface area contributed by atoms with Crippen LogP contribution in [0, 0.1) is 6.92 Å². The Labute approximate surface area is 126 Å². The van der Waals surface area contributed by atoms with Gasteiger partial charge in [0.05, 0.1) is 7.11 Å². The Morgan fingerprint density at radius 2 is 1.95 bits per heavy atom. The Balaban J connectivity index is 2.05. The number of nitrogens with one attached hydrogen (secondary N) is 2. The molecule has 2 rings (SSSR count). The van der Waals surface area contributed by atoms with Gasteiger partial charge in [-0.05, 0) is 42.8 Å². The first-order chi connectivity index (χ1) is 9.58. The van der Waals surface area contributed by atoms with E-state index in [1.54, 1.807) is 19.2 Å². The molecule has 2 amide bonds. The van der Waals surface area contributed by atoms with Gasteiger partial charge < -0.3 is 15.4 Å². The number of benzene rings is 2. The minimum Gasteiger partial charge on any atom is -0.497 e. The Morgan fingerprint density at radius 3 is 2.65 bits per heavy atom. The van der Waals surface area contributed by atoms with Gasteiger partial charge in [-0.25, -0.2) is 4.79 Å². The molecule has 0 aliphatic carbocycles. The maximum Gasteiger partial charge on any atom is 0.323 e. The summed E-state index contributed by atoms with van der Waals surface area (Å²) in [5.74, 6) is 0.697. The van der Waals surface area contributed by atoms with E-state index in [0.717, 1.165) is 15.7 Å². The standard InChI is InChI=1S/C15H15BrN2O2/c1-10-8-11(16)6-7-14(10)18-15(19)17-12-4-3-5-13(9-12)20-2/h3-9H,1-2H3,(H2,17,18,19). The van der Waals surface area contributed by atoms with Gasteiger partial charge in [-0.1, -0.05) is 22.0 Å². The fourth-order valence-electron chi connectivity index (χ4n) is 1.75. The molecule has 5 heteroatoms. The van der Waals surface area contributed by atoms with Crippen molar-refractivity contribution in [3.63, 3.8) is 0 Å². The molecule has 2 N–H and O–H groups in total. The number of methoxy groups -OCH3 is 1. The Bertz CT molecular complexity index is 629. The summed E-state index contributed by atoms with van der Waals surface area (Å²) in [7, 11) is 1.59. The molecule has 0 saturated heterocycles. The number of carbonyl (C=O) groups excluding carboxylic acids is 1. The van der Waals surface area contributed by atoms with Crippen LogP contribution in [0.3, 0.4) is 0 Å². The summed E-state index contributed by atoms with van der Waals surface area (Å²) in [6.07, 6.45) is 0. The SMILES string of the molecule is COc1cccc(NC(=O)Nc2ccc(Br)cc2C)c1. The maximum absolute atomic E-state index is 11.9. The summed E-state index contributed by atoms with van der Waals surface area (Å²) in [4.78, 5) is 11.9. The highest BCUT2D eigenvalue weighted by molar-refractivity contribution is 9.10. The fourth-order valence-corrected chi connectivity index (χ4v) is 2.23. The fraction of sp³-hybridized carbons (Fsp3) is 0.133. The van der Waals surface area contributed by atoms with Crippen LogP contribution in [0.2, 0.25) is 0 Å². The summed E-state index contributed by atoms with van der Waals surface area (Å²) in [6.45, 7) is 1.94. The van der Waals surface area contributed by atoms with Crippen LogP contribution in [-0.2, 0) is 0 Å². The molecule has 0 aliphatic heterocycles. The van der Waals surface area contributed by atoms with Crippen LogP contribution >= 0.6 is 15.9 Å². The van der Waals surface area contributed by atoms with Crippen LogP contribution < -0.4 is 15.4 Å². The van der Waals surface area contributed by atoms with Gasteiger partial charge in [-0.15, -0.1) is 0 Å². The van der Waals surface area contributed by atoms with E-state index in [-0.39, 0.29) is 6.03 Å². The molecule has 0 aliphatic rings. The summed E-state index contributed by atoms with van der Waals surface area (Å²) < 4.78 is 6.09. The highest BCUT2D eigenvalue weighted by Crippen LogP contribution is 2.21. The lowest BCUT2D eigenvalue weighted by atomic mass is 10.2. The summed E-state index contributed by atoms with van der Waals surface area (Å²) >= 11 is 3.39. The van der Waals surface area contributed by atoms with Crippen LogP contribution in [0.4, 0.5) is 16.2 Å². The van der Waals surface area contributed by atoms with Crippen LogP contribution in [-0.4, -0.2) is 13.1 Å². The number of amides is 2. The zero-order valence-electron chi connectivity index (χ0n) is 11.2. The highest BCUT2D eigenvalue weighted by Gasteiger charge is 2.05. The second-order valence-corrected chi connectivity index (χ2v) is 5.19. The van der Waals surface area contributed by atoms with Crippen molar-refractivity contribution in [2.45, 2.75) is 6.92 Å². The van der Waals surface area contributed by atoms with Gasteiger partial charge in [0.2, 0.25) is 0 Å². The Morgan fingerprint density at radius 1 is 1.15 bits per heavy atom. The third kappa shape index (κ3) is 3.74. The van der Waals surface area contributed by atoms with Crippen molar-refractivity contribution in [2.75, 3.05) is 17.7 Å². The predicted molar refractivity (Wildman–Crippen MR) is 84.5 cm³/mol. The van der Waals surface area contributed by atoms with E-state index in [4.69, 9.17) is 4.74 Å². The summed E-state index contributed by atoms with van der Waals surface area (Å²) in [6, 6.07) is 12.6. The third-order valence-electron chi connectivity index (χ3n) is 2.76. The van der Waals surface area contributed by atoms with Crippen molar-refractivity contribution in [2.24, 2.45) is 0 Å². The van der Waals surface area contributed by atoms with Gasteiger partial charge in [-0.3, -0.25) is 0 Å². The van der Waals surface area contributed by atoms with E-state index >= 15 is 0 Å². The largest absolute Gasteiger partial charge is 0.497 e. The van der Waals surface area contributed by atoms with E-state index in [0.29, 0.717) is 11.4 Å². The van der Waals surface area contributed by atoms with E-state index in [2.05, 4.69) is 26.6 Å². The lowest BCUT2D eigenvalue weighted by Gasteiger charge is -2.10. The molecule has 0 fully saturated rings. The first-order valence-electron chi connectivity index (χ1n) is 6.06.